The molecule has 3 heteroatoms. The summed E-state index contributed by atoms with van der Waals surface area (Å²) in [5, 5.41) is 7.76. The van der Waals surface area contributed by atoms with Crippen molar-refractivity contribution in [2.45, 2.75) is 38.0 Å². The summed E-state index contributed by atoms with van der Waals surface area (Å²) in [7, 11) is 0. The Morgan fingerprint density at radius 3 is 2.69 bits per heavy atom. The van der Waals surface area contributed by atoms with Gasteiger partial charge >= 0.3 is 0 Å². The van der Waals surface area contributed by atoms with E-state index in [2.05, 4.69) is 36.2 Å². The molecule has 0 aromatic carbocycles. The predicted molar refractivity (Wildman–Crippen MR) is 61.5 cm³/mol. The second-order valence-electron chi connectivity index (χ2n) is 3.93. The maximum atomic E-state index is 3.45. The first-order valence-electron chi connectivity index (χ1n) is 5.34. The molecule has 0 atom stereocenters. The van der Waals surface area contributed by atoms with Crippen molar-refractivity contribution in [3.63, 3.8) is 0 Å². The van der Waals surface area contributed by atoms with E-state index in [0.29, 0.717) is 6.04 Å². The standard InChI is InChI=1S/C10H22N2S/c1-9(2)12-7-8-13-10-3-5-11-6-4-10/h9-12H,3-8H2,1-2H3. The van der Waals surface area contributed by atoms with Gasteiger partial charge in [0.25, 0.3) is 0 Å². The molecule has 0 aromatic heterocycles. The summed E-state index contributed by atoms with van der Waals surface area (Å²) in [6, 6.07) is 0.633. The molecule has 78 valence electrons. The van der Waals surface area contributed by atoms with Crippen LogP contribution in [0.2, 0.25) is 0 Å². The van der Waals surface area contributed by atoms with Crippen molar-refractivity contribution >= 4 is 11.8 Å². The van der Waals surface area contributed by atoms with E-state index in [1.54, 1.807) is 0 Å². The van der Waals surface area contributed by atoms with Crippen LogP contribution in [0.25, 0.3) is 0 Å². The second kappa shape index (κ2) is 6.68. The van der Waals surface area contributed by atoms with Gasteiger partial charge < -0.3 is 10.6 Å². The van der Waals surface area contributed by atoms with Crippen LogP contribution in [-0.4, -0.2) is 36.7 Å². The van der Waals surface area contributed by atoms with E-state index in [4.69, 9.17) is 0 Å². The Balaban J connectivity index is 1.92. The molecule has 1 saturated heterocycles. The van der Waals surface area contributed by atoms with Crippen LogP contribution in [0.1, 0.15) is 26.7 Å². The van der Waals surface area contributed by atoms with Crippen molar-refractivity contribution in [1.29, 1.82) is 0 Å². The lowest BCUT2D eigenvalue weighted by Crippen LogP contribution is -2.30. The summed E-state index contributed by atoms with van der Waals surface area (Å²) >= 11 is 2.14. The molecule has 1 fully saturated rings. The van der Waals surface area contributed by atoms with Crippen LogP contribution in [0.4, 0.5) is 0 Å². The average Bonchev–Trinajstić information content (AvgIpc) is 2.14. The third kappa shape index (κ3) is 5.55. The van der Waals surface area contributed by atoms with E-state index in [1.807, 2.05) is 0 Å². The molecular weight excluding hydrogens is 180 g/mol. The van der Waals surface area contributed by atoms with Crippen LogP contribution in [0.3, 0.4) is 0 Å². The van der Waals surface area contributed by atoms with Crippen molar-refractivity contribution in [1.82, 2.24) is 10.6 Å². The highest BCUT2D eigenvalue weighted by Gasteiger charge is 2.12. The lowest BCUT2D eigenvalue weighted by atomic mass is 10.2. The average molecular weight is 202 g/mol. The van der Waals surface area contributed by atoms with Gasteiger partial charge in [-0.3, -0.25) is 0 Å². The zero-order valence-corrected chi connectivity index (χ0v) is 9.62. The van der Waals surface area contributed by atoms with Gasteiger partial charge in [-0.25, -0.2) is 0 Å². The van der Waals surface area contributed by atoms with Crippen molar-refractivity contribution < 1.29 is 0 Å². The normalized spacial score (nSPS) is 19.6. The van der Waals surface area contributed by atoms with Crippen molar-refractivity contribution in [2.24, 2.45) is 0 Å². The van der Waals surface area contributed by atoms with Crippen LogP contribution < -0.4 is 10.6 Å². The maximum Gasteiger partial charge on any atom is 0.00716 e. The Labute approximate surface area is 86.2 Å². The van der Waals surface area contributed by atoms with Gasteiger partial charge in [0.15, 0.2) is 0 Å². The molecule has 1 aliphatic heterocycles. The molecule has 0 spiro atoms. The van der Waals surface area contributed by atoms with E-state index < -0.39 is 0 Å². The molecule has 0 bridgehead atoms. The summed E-state index contributed by atoms with van der Waals surface area (Å²) in [6.45, 7) is 8.00. The Kier molecular flexibility index (Phi) is 5.83. The fourth-order valence-electron chi connectivity index (χ4n) is 1.54. The first-order chi connectivity index (χ1) is 6.29. The summed E-state index contributed by atoms with van der Waals surface area (Å²) in [6.07, 6.45) is 2.71. The summed E-state index contributed by atoms with van der Waals surface area (Å²) in [5.74, 6) is 1.27. The van der Waals surface area contributed by atoms with Gasteiger partial charge in [-0.2, -0.15) is 11.8 Å². The van der Waals surface area contributed by atoms with Crippen LogP contribution >= 0.6 is 11.8 Å². The topological polar surface area (TPSA) is 24.1 Å². The van der Waals surface area contributed by atoms with Gasteiger partial charge in [0, 0.05) is 23.6 Å². The monoisotopic (exact) mass is 202 g/mol. The first kappa shape index (κ1) is 11.3. The third-order valence-electron chi connectivity index (χ3n) is 2.29. The Bertz CT molecular complexity index is 122. The Morgan fingerprint density at radius 1 is 1.38 bits per heavy atom. The summed E-state index contributed by atoms with van der Waals surface area (Å²) in [4.78, 5) is 0. The molecule has 2 N–H and O–H groups in total. The lowest BCUT2D eigenvalue weighted by molar-refractivity contribution is 0.531. The van der Waals surface area contributed by atoms with Crippen molar-refractivity contribution in [2.75, 3.05) is 25.4 Å². The zero-order valence-electron chi connectivity index (χ0n) is 8.81. The van der Waals surface area contributed by atoms with E-state index in [9.17, 15) is 0 Å². The van der Waals surface area contributed by atoms with E-state index in [0.717, 1.165) is 11.8 Å². The van der Waals surface area contributed by atoms with Gasteiger partial charge in [0.2, 0.25) is 0 Å². The number of piperidine rings is 1. The zero-order chi connectivity index (χ0) is 9.52. The Hall–Kier alpha value is 0.270. The molecule has 2 nitrogen and oxygen atoms in total. The second-order valence-corrected chi connectivity index (χ2v) is 5.34. The SMILES string of the molecule is CC(C)NCCSC1CCNCC1. The van der Waals surface area contributed by atoms with E-state index in [1.165, 1.54) is 31.7 Å². The molecule has 0 radical (unpaired) electrons. The maximum absolute atomic E-state index is 3.45. The third-order valence-corrected chi connectivity index (χ3v) is 3.68. The number of hydrogen-bond donors (Lipinski definition) is 2. The minimum atomic E-state index is 0.633. The van der Waals surface area contributed by atoms with Gasteiger partial charge in [0.05, 0.1) is 0 Å². The molecule has 0 unspecified atom stereocenters. The largest absolute Gasteiger partial charge is 0.317 e. The fraction of sp³-hybridized carbons (Fsp3) is 1.00. The first-order valence-corrected chi connectivity index (χ1v) is 6.39. The number of thioether (sulfide) groups is 1. The van der Waals surface area contributed by atoms with Gasteiger partial charge in [0.1, 0.15) is 0 Å². The van der Waals surface area contributed by atoms with Crippen LogP contribution in [0.5, 0.6) is 0 Å². The summed E-state index contributed by atoms with van der Waals surface area (Å²) in [5.41, 5.74) is 0. The van der Waals surface area contributed by atoms with Crippen LogP contribution in [0, 0.1) is 0 Å². The molecule has 1 heterocycles. The summed E-state index contributed by atoms with van der Waals surface area (Å²) < 4.78 is 0. The predicted octanol–water partition coefficient (Wildman–Crippen LogP) is 1.47. The molecular formula is C10H22N2S. The van der Waals surface area contributed by atoms with Crippen molar-refractivity contribution in [3.8, 4) is 0 Å². The smallest absolute Gasteiger partial charge is 0.00716 e. The van der Waals surface area contributed by atoms with Gasteiger partial charge in [-0.15, -0.1) is 0 Å². The van der Waals surface area contributed by atoms with Gasteiger partial charge in [-0.1, -0.05) is 13.8 Å². The fourth-order valence-corrected chi connectivity index (χ4v) is 2.67. The molecule has 13 heavy (non-hydrogen) atoms. The van der Waals surface area contributed by atoms with Crippen LogP contribution in [0.15, 0.2) is 0 Å². The lowest BCUT2D eigenvalue weighted by Gasteiger charge is -2.22. The molecule has 1 rings (SSSR count). The minimum Gasteiger partial charge on any atom is -0.317 e. The van der Waals surface area contributed by atoms with Crippen molar-refractivity contribution in [3.05, 3.63) is 0 Å². The highest BCUT2D eigenvalue weighted by atomic mass is 32.2. The van der Waals surface area contributed by atoms with Gasteiger partial charge in [-0.05, 0) is 25.9 Å². The minimum absolute atomic E-state index is 0.633. The molecule has 0 aliphatic carbocycles. The van der Waals surface area contributed by atoms with E-state index >= 15 is 0 Å². The quantitative estimate of drug-likeness (QED) is 0.660. The van der Waals surface area contributed by atoms with Crippen LogP contribution in [-0.2, 0) is 0 Å². The highest BCUT2D eigenvalue weighted by Crippen LogP contribution is 2.19. The molecule has 0 amide bonds. The molecule has 0 aromatic rings. The molecule has 0 saturated carbocycles. The molecule has 1 aliphatic rings. The Morgan fingerprint density at radius 2 is 2.08 bits per heavy atom. The number of hydrogen-bond acceptors (Lipinski definition) is 3. The highest BCUT2D eigenvalue weighted by molar-refractivity contribution is 7.99. The number of rotatable bonds is 5. The van der Waals surface area contributed by atoms with E-state index in [-0.39, 0.29) is 0 Å². The number of nitrogens with one attached hydrogen (secondary N) is 2.